The predicted molar refractivity (Wildman–Crippen MR) is 69.9 cm³/mol. The standard InChI is InChI=1S/C13H18N4/c14-10-2-1-3-11(6-10)16-12-5-4-9-8-15-17-13(9)7-12/h4-5,7-8,10-11,16H,1-3,6,14H2,(H,15,17). The summed E-state index contributed by atoms with van der Waals surface area (Å²) in [5.41, 5.74) is 8.23. The Balaban J connectivity index is 1.75. The van der Waals surface area contributed by atoms with Crippen molar-refractivity contribution in [1.82, 2.24) is 10.2 Å². The molecule has 1 aliphatic carbocycles. The molecule has 1 aromatic carbocycles. The van der Waals surface area contributed by atoms with Crippen LogP contribution in [-0.2, 0) is 0 Å². The lowest BCUT2D eigenvalue weighted by Crippen LogP contribution is -2.34. The van der Waals surface area contributed by atoms with Crippen molar-refractivity contribution >= 4 is 16.6 Å². The second-order valence-corrected chi connectivity index (χ2v) is 4.94. The highest BCUT2D eigenvalue weighted by atomic mass is 15.1. The highest BCUT2D eigenvalue weighted by molar-refractivity contribution is 5.81. The molecule has 2 aromatic rings. The summed E-state index contributed by atoms with van der Waals surface area (Å²) in [6.45, 7) is 0. The normalized spacial score (nSPS) is 25.0. The van der Waals surface area contributed by atoms with Crippen LogP contribution in [-0.4, -0.2) is 22.3 Å². The minimum absolute atomic E-state index is 0.358. The summed E-state index contributed by atoms with van der Waals surface area (Å²) >= 11 is 0. The molecule has 17 heavy (non-hydrogen) atoms. The van der Waals surface area contributed by atoms with Crippen LogP contribution in [0.15, 0.2) is 24.4 Å². The number of aromatic amines is 1. The zero-order valence-corrected chi connectivity index (χ0v) is 9.82. The van der Waals surface area contributed by atoms with Crippen LogP contribution in [0.5, 0.6) is 0 Å². The zero-order chi connectivity index (χ0) is 11.7. The number of nitrogens with one attached hydrogen (secondary N) is 2. The Kier molecular flexibility index (Phi) is 2.73. The van der Waals surface area contributed by atoms with E-state index in [1.54, 1.807) is 0 Å². The number of fused-ring (bicyclic) bond motifs is 1. The van der Waals surface area contributed by atoms with E-state index in [4.69, 9.17) is 5.73 Å². The van der Waals surface area contributed by atoms with Crippen molar-refractivity contribution in [2.75, 3.05) is 5.32 Å². The number of rotatable bonds is 2. The van der Waals surface area contributed by atoms with Gasteiger partial charge in [0, 0.05) is 23.2 Å². The average Bonchev–Trinajstić information content (AvgIpc) is 2.76. The largest absolute Gasteiger partial charge is 0.382 e. The molecule has 0 bridgehead atoms. The second-order valence-electron chi connectivity index (χ2n) is 4.94. The van der Waals surface area contributed by atoms with E-state index >= 15 is 0 Å². The Morgan fingerprint density at radius 3 is 3.18 bits per heavy atom. The fourth-order valence-corrected chi connectivity index (χ4v) is 2.62. The molecule has 1 heterocycles. The minimum Gasteiger partial charge on any atom is -0.382 e. The van der Waals surface area contributed by atoms with Gasteiger partial charge in [-0.05, 0) is 43.9 Å². The predicted octanol–water partition coefficient (Wildman–Crippen LogP) is 2.24. The molecule has 0 radical (unpaired) electrons. The summed E-state index contributed by atoms with van der Waals surface area (Å²) in [5.74, 6) is 0. The van der Waals surface area contributed by atoms with Gasteiger partial charge in [0.25, 0.3) is 0 Å². The monoisotopic (exact) mass is 230 g/mol. The van der Waals surface area contributed by atoms with Crippen LogP contribution in [0.2, 0.25) is 0 Å². The molecule has 4 heteroatoms. The molecular formula is C13H18N4. The maximum absolute atomic E-state index is 6.00. The van der Waals surface area contributed by atoms with Crippen LogP contribution in [0.1, 0.15) is 25.7 Å². The van der Waals surface area contributed by atoms with Gasteiger partial charge in [0.2, 0.25) is 0 Å². The SMILES string of the molecule is NC1CCCC(Nc2ccc3cn[nH]c3c2)C1. The summed E-state index contributed by atoms with van der Waals surface area (Å²) in [4.78, 5) is 0. The zero-order valence-electron chi connectivity index (χ0n) is 9.82. The Morgan fingerprint density at radius 2 is 2.29 bits per heavy atom. The van der Waals surface area contributed by atoms with E-state index in [0.717, 1.165) is 29.4 Å². The lowest BCUT2D eigenvalue weighted by molar-refractivity contribution is 0.409. The van der Waals surface area contributed by atoms with E-state index in [2.05, 4.69) is 33.7 Å². The molecule has 1 aliphatic rings. The Labute approximate surface area is 101 Å². The van der Waals surface area contributed by atoms with Crippen LogP contribution in [0, 0.1) is 0 Å². The molecule has 4 nitrogen and oxygen atoms in total. The number of H-pyrrole nitrogens is 1. The van der Waals surface area contributed by atoms with Gasteiger partial charge in [-0.2, -0.15) is 5.10 Å². The van der Waals surface area contributed by atoms with Gasteiger partial charge in [0.1, 0.15) is 0 Å². The Hall–Kier alpha value is -1.55. The van der Waals surface area contributed by atoms with Gasteiger partial charge in [-0.15, -0.1) is 0 Å². The van der Waals surface area contributed by atoms with Crippen molar-refractivity contribution in [3.05, 3.63) is 24.4 Å². The Morgan fingerprint density at radius 1 is 1.35 bits per heavy atom. The number of anilines is 1. The quantitative estimate of drug-likeness (QED) is 0.741. The molecule has 0 amide bonds. The van der Waals surface area contributed by atoms with Crippen molar-refractivity contribution in [2.24, 2.45) is 5.73 Å². The molecule has 1 fully saturated rings. The van der Waals surface area contributed by atoms with E-state index in [1.807, 2.05) is 6.20 Å². The van der Waals surface area contributed by atoms with Crippen LogP contribution in [0.25, 0.3) is 10.9 Å². The number of nitrogens with two attached hydrogens (primary N) is 1. The van der Waals surface area contributed by atoms with Crippen LogP contribution < -0.4 is 11.1 Å². The second kappa shape index (κ2) is 4.37. The fourth-order valence-electron chi connectivity index (χ4n) is 2.62. The van der Waals surface area contributed by atoms with Gasteiger partial charge < -0.3 is 11.1 Å². The first-order valence-corrected chi connectivity index (χ1v) is 6.26. The highest BCUT2D eigenvalue weighted by Gasteiger charge is 2.18. The van der Waals surface area contributed by atoms with E-state index in [0.29, 0.717) is 12.1 Å². The maximum atomic E-state index is 6.00. The fraction of sp³-hybridized carbons (Fsp3) is 0.462. The molecule has 2 atom stereocenters. The van der Waals surface area contributed by atoms with E-state index in [-0.39, 0.29) is 0 Å². The molecule has 3 rings (SSSR count). The number of hydrogen-bond acceptors (Lipinski definition) is 3. The van der Waals surface area contributed by atoms with Gasteiger partial charge in [0.15, 0.2) is 0 Å². The molecule has 2 unspecified atom stereocenters. The third-order valence-corrected chi connectivity index (χ3v) is 3.53. The minimum atomic E-state index is 0.358. The first-order chi connectivity index (χ1) is 8.31. The topological polar surface area (TPSA) is 66.7 Å². The van der Waals surface area contributed by atoms with E-state index in [9.17, 15) is 0 Å². The van der Waals surface area contributed by atoms with E-state index < -0.39 is 0 Å². The van der Waals surface area contributed by atoms with Crippen molar-refractivity contribution in [1.29, 1.82) is 0 Å². The van der Waals surface area contributed by atoms with Crippen LogP contribution in [0.3, 0.4) is 0 Å². The molecule has 1 aromatic heterocycles. The summed E-state index contributed by atoms with van der Waals surface area (Å²) < 4.78 is 0. The third kappa shape index (κ3) is 2.26. The average molecular weight is 230 g/mol. The molecule has 4 N–H and O–H groups in total. The molecule has 0 saturated heterocycles. The van der Waals surface area contributed by atoms with Gasteiger partial charge in [-0.1, -0.05) is 0 Å². The van der Waals surface area contributed by atoms with Crippen LogP contribution >= 0.6 is 0 Å². The van der Waals surface area contributed by atoms with Crippen molar-refractivity contribution < 1.29 is 0 Å². The van der Waals surface area contributed by atoms with E-state index in [1.165, 1.54) is 12.8 Å². The van der Waals surface area contributed by atoms with Crippen LogP contribution in [0.4, 0.5) is 5.69 Å². The van der Waals surface area contributed by atoms with Gasteiger partial charge in [-0.3, -0.25) is 5.10 Å². The van der Waals surface area contributed by atoms with Crippen molar-refractivity contribution in [3.63, 3.8) is 0 Å². The summed E-state index contributed by atoms with van der Waals surface area (Å²) in [6.07, 6.45) is 6.52. The number of benzene rings is 1. The smallest absolute Gasteiger partial charge is 0.0670 e. The van der Waals surface area contributed by atoms with Crippen molar-refractivity contribution in [3.8, 4) is 0 Å². The summed E-state index contributed by atoms with van der Waals surface area (Å²) in [7, 11) is 0. The molecule has 90 valence electrons. The molecule has 1 saturated carbocycles. The lowest BCUT2D eigenvalue weighted by Gasteiger charge is -2.28. The first kappa shape index (κ1) is 10.6. The maximum Gasteiger partial charge on any atom is 0.0670 e. The summed E-state index contributed by atoms with van der Waals surface area (Å²) in [5, 5.41) is 11.7. The molecule has 0 spiro atoms. The van der Waals surface area contributed by atoms with Gasteiger partial charge >= 0.3 is 0 Å². The Bertz CT molecular complexity index is 505. The lowest BCUT2D eigenvalue weighted by atomic mass is 9.91. The highest BCUT2D eigenvalue weighted by Crippen LogP contribution is 2.23. The summed E-state index contributed by atoms with van der Waals surface area (Å²) in [6, 6.07) is 7.18. The third-order valence-electron chi connectivity index (χ3n) is 3.53. The van der Waals surface area contributed by atoms with Gasteiger partial charge in [-0.25, -0.2) is 0 Å². The number of aromatic nitrogens is 2. The van der Waals surface area contributed by atoms with Gasteiger partial charge in [0.05, 0.1) is 11.7 Å². The number of hydrogen-bond donors (Lipinski definition) is 3. The first-order valence-electron chi connectivity index (χ1n) is 6.26. The molecule has 0 aliphatic heterocycles. The molecular weight excluding hydrogens is 212 g/mol. The number of nitrogens with zero attached hydrogens (tertiary/aromatic N) is 1. The van der Waals surface area contributed by atoms with Crippen molar-refractivity contribution in [2.45, 2.75) is 37.8 Å².